The van der Waals surface area contributed by atoms with Crippen LogP contribution in [-0.4, -0.2) is 13.5 Å². The number of primary sulfonamides is 1. The van der Waals surface area contributed by atoms with Crippen molar-refractivity contribution in [1.82, 2.24) is 5.32 Å². The van der Waals surface area contributed by atoms with Gasteiger partial charge in [0.25, 0.3) is 0 Å². The van der Waals surface area contributed by atoms with Crippen LogP contribution in [0.4, 0.5) is 5.69 Å². The summed E-state index contributed by atoms with van der Waals surface area (Å²) in [7, 11) is -3.80. The van der Waals surface area contributed by atoms with Crippen LogP contribution >= 0.6 is 12.2 Å². The van der Waals surface area contributed by atoms with Gasteiger partial charge in [-0.25, -0.2) is 13.6 Å². The maximum atomic E-state index is 11.5. The van der Waals surface area contributed by atoms with E-state index in [9.17, 15) is 8.42 Å². The van der Waals surface area contributed by atoms with E-state index in [1.165, 1.54) is 6.07 Å². The first-order valence-electron chi connectivity index (χ1n) is 6.17. The van der Waals surface area contributed by atoms with Crippen LogP contribution < -0.4 is 15.8 Å². The molecule has 0 aliphatic heterocycles. The van der Waals surface area contributed by atoms with E-state index in [2.05, 4.69) is 10.6 Å². The quantitative estimate of drug-likeness (QED) is 0.748. The molecule has 2 rings (SSSR count). The van der Waals surface area contributed by atoms with Crippen molar-refractivity contribution in [3.8, 4) is 0 Å². The molecule has 0 bridgehead atoms. The monoisotopic (exact) mass is 321 g/mol. The van der Waals surface area contributed by atoms with Crippen molar-refractivity contribution in [2.45, 2.75) is 11.4 Å². The summed E-state index contributed by atoms with van der Waals surface area (Å²) in [6.07, 6.45) is 0. The van der Waals surface area contributed by atoms with Gasteiger partial charge in [-0.3, -0.25) is 0 Å². The van der Waals surface area contributed by atoms with Crippen molar-refractivity contribution in [2.75, 3.05) is 5.32 Å². The predicted molar refractivity (Wildman–Crippen MR) is 87.3 cm³/mol. The number of nitrogens with two attached hydrogens (primary N) is 1. The molecular formula is C14H15N3O2S2. The smallest absolute Gasteiger partial charge is 0.240 e. The summed E-state index contributed by atoms with van der Waals surface area (Å²) in [6.45, 7) is 0.546. The van der Waals surface area contributed by atoms with Crippen LogP contribution in [-0.2, 0) is 16.6 Å². The van der Waals surface area contributed by atoms with Gasteiger partial charge in [0.05, 0.1) is 5.69 Å². The lowest BCUT2D eigenvalue weighted by Gasteiger charge is -2.13. The molecule has 2 aromatic rings. The number of nitrogens with one attached hydrogen (secondary N) is 2. The highest BCUT2D eigenvalue weighted by Gasteiger charge is 2.13. The average Bonchev–Trinajstić information content (AvgIpc) is 2.46. The second-order valence-corrected chi connectivity index (χ2v) is 6.27. The zero-order chi connectivity index (χ0) is 15.3. The summed E-state index contributed by atoms with van der Waals surface area (Å²) in [5.74, 6) is 0. The molecule has 0 aromatic heterocycles. The SMILES string of the molecule is NS(=O)(=O)c1ccccc1NC(=S)NCc1ccccc1. The maximum Gasteiger partial charge on any atom is 0.240 e. The first kappa shape index (κ1) is 15.4. The van der Waals surface area contributed by atoms with Crippen LogP contribution in [0.15, 0.2) is 59.5 Å². The van der Waals surface area contributed by atoms with E-state index in [1.54, 1.807) is 18.2 Å². The highest BCUT2D eigenvalue weighted by molar-refractivity contribution is 7.89. The van der Waals surface area contributed by atoms with Gasteiger partial charge >= 0.3 is 0 Å². The molecule has 110 valence electrons. The molecule has 7 heteroatoms. The maximum absolute atomic E-state index is 11.5. The second-order valence-electron chi connectivity index (χ2n) is 4.33. The number of para-hydroxylation sites is 1. The Morgan fingerprint density at radius 2 is 1.67 bits per heavy atom. The van der Waals surface area contributed by atoms with Crippen molar-refractivity contribution in [3.63, 3.8) is 0 Å². The van der Waals surface area contributed by atoms with Gasteiger partial charge in [-0.15, -0.1) is 0 Å². The molecule has 0 unspecified atom stereocenters. The highest BCUT2D eigenvalue weighted by atomic mass is 32.2. The number of rotatable bonds is 4. The van der Waals surface area contributed by atoms with Crippen LogP contribution in [0.2, 0.25) is 0 Å². The standard InChI is InChI=1S/C14H15N3O2S2/c15-21(18,19)13-9-5-4-8-12(13)17-14(20)16-10-11-6-2-1-3-7-11/h1-9H,10H2,(H2,15,18,19)(H2,16,17,20). The van der Waals surface area contributed by atoms with Crippen LogP contribution in [0, 0.1) is 0 Å². The van der Waals surface area contributed by atoms with Crippen LogP contribution in [0.25, 0.3) is 0 Å². The Morgan fingerprint density at radius 3 is 2.33 bits per heavy atom. The number of hydrogen-bond donors (Lipinski definition) is 3. The molecule has 21 heavy (non-hydrogen) atoms. The molecule has 0 radical (unpaired) electrons. The van der Waals surface area contributed by atoms with E-state index >= 15 is 0 Å². The van der Waals surface area contributed by atoms with Gasteiger partial charge in [-0.2, -0.15) is 0 Å². The Morgan fingerprint density at radius 1 is 1.05 bits per heavy atom. The Labute approximate surface area is 129 Å². The number of hydrogen-bond acceptors (Lipinski definition) is 3. The molecule has 0 atom stereocenters. The number of sulfonamides is 1. The molecular weight excluding hydrogens is 306 g/mol. The third-order valence-electron chi connectivity index (χ3n) is 2.74. The van der Waals surface area contributed by atoms with Crippen molar-refractivity contribution < 1.29 is 8.42 Å². The third kappa shape index (κ3) is 4.52. The zero-order valence-corrected chi connectivity index (χ0v) is 12.7. The number of thiocarbonyl (C=S) groups is 1. The summed E-state index contributed by atoms with van der Waals surface area (Å²) < 4.78 is 23.0. The average molecular weight is 321 g/mol. The van der Waals surface area contributed by atoms with Crippen molar-refractivity contribution in [3.05, 3.63) is 60.2 Å². The summed E-state index contributed by atoms with van der Waals surface area (Å²) in [5.41, 5.74) is 1.42. The van der Waals surface area contributed by atoms with Gasteiger partial charge in [0.2, 0.25) is 10.0 Å². The molecule has 4 N–H and O–H groups in total. The van der Waals surface area contributed by atoms with Crippen molar-refractivity contribution in [2.24, 2.45) is 5.14 Å². The summed E-state index contributed by atoms with van der Waals surface area (Å²) >= 11 is 5.16. The Bertz CT molecular complexity index is 731. The first-order chi connectivity index (χ1) is 9.97. The van der Waals surface area contributed by atoms with Crippen LogP contribution in [0.3, 0.4) is 0 Å². The first-order valence-corrected chi connectivity index (χ1v) is 8.13. The van der Waals surface area contributed by atoms with Gasteiger partial charge < -0.3 is 10.6 Å². The van der Waals surface area contributed by atoms with E-state index in [0.717, 1.165) is 5.56 Å². The lowest BCUT2D eigenvalue weighted by atomic mass is 10.2. The Kier molecular flexibility index (Phi) is 4.89. The highest BCUT2D eigenvalue weighted by Crippen LogP contribution is 2.19. The van der Waals surface area contributed by atoms with Crippen molar-refractivity contribution in [1.29, 1.82) is 0 Å². The minimum atomic E-state index is -3.80. The van der Waals surface area contributed by atoms with E-state index in [0.29, 0.717) is 17.3 Å². The van der Waals surface area contributed by atoms with Crippen LogP contribution in [0.1, 0.15) is 5.56 Å². The van der Waals surface area contributed by atoms with Crippen molar-refractivity contribution >= 4 is 33.0 Å². The van der Waals surface area contributed by atoms with Gasteiger partial charge in [-0.05, 0) is 29.9 Å². The summed E-state index contributed by atoms with van der Waals surface area (Å²) in [5, 5.41) is 11.4. The van der Waals surface area contributed by atoms with E-state index in [1.807, 2.05) is 30.3 Å². The molecule has 0 fully saturated rings. The van der Waals surface area contributed by atoms with Gasteiger partial charge in [0.1, 0.15) is 4.90 Å². The van der Waals surface area contributed by atoms with E-state index < -0.39 is 10.0 Å². The molecule has 0 aliphatic rings. The van der Waals surface area contributed by atoms with Gasteiger partial charge in [0.15, 0.2) is 5.11 Å². The fraction of sp³-hybridized carbons (Fsp3) is 0.0714. The minimum Gasteiger partial charge on any atom is -0.358 e. The topological polar surface area (TPSA) is 84.2 Å². The summed E-state index contributed by atoms with van der Waals surface area (Å²) in [6, 6.07) is 16.1. The molecule has 0 spiro atoms. The predicted octanol–water partition coefficient (Wildman–Crippen LogP) is 1.82. The van der Waals surface area contributed by atoms with Gasteiger partial charge in [0, 0.05) is 6.54 Å². The lowest BCUT2D eigenvalue weighted by molar-refractivity contribution is 0.598. The molecule has 0 heterocycles. The molecule has 0 amide bonds. The molecule has 0 saturated heterocycles. The van der Waals surface area contributed by atoms with E-state index in [-0.39, 0.29) is 4.90 Å². The Balaban J connectivity index is 2.04. The molecule has 0 saturated carbocycles. The van der Waals surface area contributed by atoms with Gasteiger partial charge in [-0.1, -0.05) is 42.5 Å². The fourth-order valence-corrected chi connectivity index (χ4v) is 2.64. The minimum absolute atomic E-state index is 0.00820. The Hall–Kier alpha value is -1.96. The largest absolute Gasteiger partial charge is 0.358 e. The van der Waals surface area contributed by atoms with E-state index in [4.69, 9.17) is 17.4 Å². The fourth-order valence-electron chi connectivity index (χ4n) is 1.76. The lowest BCUT2D eigenvalue weighted by Crippen LogP contribution is -2.29. The molecule has 0 aliphatic carbocycles. The third-order valence-corrected chi connectivity index (χ3v) is 3.95. The molecule has 5 nitrogen and oxygen atoms in total. The van der Waals surface area contributed by atoms with Crippen LogP contribution in [0.5, 0.6) is 0 Å². The second kappa shape index (κ2) is 6.66. The zero-order valence-electron chi connectivity index (χ0n) is 11.1. The number of benzene rings is 2. The normalized spacial score (nSPS) is 10.9. The molecule has 2 aromatic carbocycles. The summed E-state index contributed by atoms with van der Waals surface area (Å²) in [4.78, 5) is 0.00820. The number of anilines is 1.